The van der Waals surface area contributed by atoms with Gasteiger partial charge < -0.3 is 21.0 Å². The number of benzene rings is 1. The van der Waals surface area contributed by atoms with E-state index in [0.29, 0.717) is 6.42 Å². The van der Waals surface area contributed by atoms with Crippen LogP contribution in [0.25, 0.3) is 10.9 Å². The topological polar surface area (TPSA) is 97.8 Å². The van der Waals surface area contributed by atoms with E-state index in [2.05, 4.69) is 15.6 Å². The predicted molar refractivity (Wildman–Crippen MR) is 121 cm³/mol. The monoisotopic (exact) mass is 410 g/mol. The number of aromatic amines is 1. The maximum atomic E-state index is 13.6. The molecule has 2 aromatic rings. The van der Waals surface area contributed by atoms with E-state index in [1.807, 2.05) is 37.4 Å². The molecule has 1 aromatic carbocycles. The lowest BCUT2D eigenvalue weighted by atomic mass is 9.78. The molecule has 1 aromatic heterocycles. The number of fused-ring (bicyclic) bond motifs is 1. The maximum Gasteiger partial charge on any atom is 0.237 e. The quantitative estimate of drug-likeness (QED) is 0.472. The first-order valence-corrected chi connectivity index (χ1v) is 11.1. The van der Waals surface area contributed by atoms with Crippen molar-refractivity contribution in [1.29, 1.82) is 5.41 Å². The summed E-state index contributed by atoms with van der Waals surface area (Å²) in [7, 11) is 1.73. The Morgan fingerprint density at radius 3 is 2.57 bits per heavy atom. The largest absolute Gasteiger partial charge is 0.361 e. The van der Waals surface area contributed by atoms with Gasteiger partial charge in [0.15, 0.2) is 5.78 Å². The number of likely N-dealkylation sites (N-methyl/N-ethyl adjacent to an activating group) is 1. The standard InChI is InChI=1S/C24H34N4O2/c1-4-17(19-14-27-20-13-9-8-12-18(19)20)21(25)23(29)22(16-10-6-5-7-11-16)28-24(30)15(2)26-3/h8-9,12-17,22,25-27H,4-7,10-11H2,1-3H3,(H,28,30)/t15-,17+,22-/m0/s1. The van der Waals surface area contributed by atoms with Gasteiger partial charge in [-0.05, 0) is 50.8 Å². The van der Waals surface area contributed by atoms with E-state index in [4.69, 9.17) is 5.41 Å². The Morgan fingerprint density at radius 2 is 1.90 bits per heavy atom. The molecule has 4 N–H and O–H groups in total. The summed E-state index contributed by atoms with van der Waals surface area (Å²) in [5.41, 5.74) is 2.07. The van der Waals surface area contributed by atoms with Gasteiger partial charge in [0.25, 0.3) is 0 Å². The van der Waals surface area contributed by atoms with Gasteiger partial charge >= 0.3 is 0 Å². The van der Waals surface area contributed by atoms with Crippen molar-refractivity contribution in [3.63, 3.8) is 0 Å². The summed E-state index contributed by atoms with van der Waals surface area (Å²) in [4.78, 5) is 29.4. The number of aromatic nitrogens is 1. The molecule has 1 fully saturated rings. The molecule has 1 heterocycles. The molecule has 1 saturated carbocycles. The van der Waals surface area contributed by atoms with Gasteiger partial charge in [-0.3, -0.25) is 9.59 Å². The van der Waals surface area contributed by atoms with Crippen molar-refractivity contribution < 1.29 is 9.59 Å². The summed E-state index contributed by atoms with van der Waals surface area (Å²) in [6, 6.07) is 6.96. The molecule has 1 aliphatic rings. The van der Waals surface area contributed by atoms with Crippen LogP contribution in [0.5, 0.6) is 0 Å². The van der Waals surface area contributed by atoms with Crippen LogP contribution in [0.4, 0.5) is 0 Å². The molecule has 0 aliphatic heterocycles. The summed E-state index contributed by atoms with van der Waals surface area (Å²) in [6.45, 7) is 3.79. The summed E-state index contributed by atoms with van der Waals surface area (Å²) >= 11 is 0. The van der Waals surface area contributed by atoms with Crippen molar-refractivity contribution in [2.75, 3.05) is 7.05 Å². The summed E-state index contributed by atoms with van der Waals surface area (Å²) < 4.78 is 0. The normalized spacial score (nSPS) is 18.0. The van der Waals surface area contributed by atoms with Crippen molar-refractivity contribution in [1.82, 2.24) is 15.6 Å². The van der Waals surface area contributed by atoms with Crippen molar-refractivity contribution >= 4 is 28.3 Å². The first kappa shape index (κ1) is 22.2. The number of para-hydroxylation sites is 1. The Morgan fingerprint density at radius 1 is 1.20 bits per heavy atom. The van der Waals surface area contributed by atoms with Gasteiger partial charge in [0.1, 0.15) is 0 Å². The van der Waals surface area contributed by atoms with E-state index in [1.165, 1.54) is 6.42 Å². The zero-order chi connectivity index (χ0) is 21.7. The van der Waals surface area contributed by atoms with E-state index < -0.39 is 6.04 Å². The highest BCUT2D eigenvalue weighted by Gasteiger charge is 2.36. The van der Waals surface area contributed by atoms with E-state index in [0.717, 1.165) is 42.1 Å². The molecule has 0 bridgehead atoms. The third kappa shape index (κ3) is 4.64. The number of hydrogen-bond acceptors (Lipinski definition) is 4. The summed E-state index contributed by atoms with van der Waals surface area (Å²) in [6.07, 6.45) is 7.71. The van der Waals surface area contributed by atoms with Crippen LogP contribution in [0.1, 0.15) is 63.9 Å². The van der Waals surface area contributed by atoms with Gasteiger partial charge in [0.05, 0.1) is 17.8 Å². The second-order valence-electron chi connectivity index (χ2n) is 8.42. The molecule has 6 heteroatoms. The zero-order valence-electron chi connectivity index (χ0n) is 18.3. The Hall–Kier alpha value is -2.47. The van der Waals surface area contributed by atoms with Crippen LogP contribution < -0.4 is 10.6 Å². The molecule has 1 aliphatic carbocycles. The zero-order valence-corrected chi connectivity index (χ0v) is 18.3. The van der Waals surface area contributed by atoms with Gasteiger partial charge in [0.2, 0.25) is 5.91 Å². The molecular weight excluding hydrogens is 376 g/mol. The van der Waals surface area contributed by atoms with E-state index in [-0.39, 0.29) is 35.3 Å². The third-order valence-electron chi connectivity index (χ3n) is 6.55. The molecule has 1 amide bonds. The van der Waals surface area contributed by atoms with Crippen molar-refractivity contribution in [3.8, 4) is 0 Å². The molecule has 0 saturated heterocycles. The second kappa shape index (κ2) is 10.0. The number of hydrogen-bond donors (Lipinski definition) is 4. The number of nitrogens with one attached hydrogen (secondary N) is 4. The number of ketones is 1. The van der Waals surface area contributed by atoms with Crippen molar-refractivity contribution in [2.24, 2.45) is 5.92 Å². The number of carbonyl (C=O) groups is 2. The van der Waals surface area contributed by atoms with Crippen LogP contribution >= 0.6 is 0 Å². The van der Waals surface area contributed by atoms with Crippen molar-refractivity contribution in [2.45, 2.75) is 70.4 Å². The smallest absolute Gasteiger partial charge is 0.237 e. The predicted octanol–water partition coefficient (Wildman–Crippen LogP) is 3.92. The SMILES string of the molecule is CC[C@@H](C(=N)C(=O)[C@@H](NC(=O)[C@H](C)NC)C1CCCCC1)c1c[nH]c2ccccc12. The number of rotatable bonds is 9. The van der Waals surface area contributed by atoms with Gasteiger partial charge in [-0.25, -0.2) is 0 Å². The van der Waals surface area contributed by atoms with Gasteiger partial charge in [-0.2, -0.15) is 0 Å². The van der Waals surface area contributed by atoms with Crippen LogP contribution in [0, 0.1) is 11.3 Å². The third-order valence-corrected chi connectivity index (χ3v) is 6.55. The van der Waals surface area contributed by atoms with Gasteiger partial charge in [0, 0.05) is 23.0 Å². The van der Waals surface area contributed by atoms with Crippen LogP contribution in [0.3, 0.4) is 0 Å². The first-order valence-electron chi connectivity index (χ1n) is 11.1. The lowest BCUT2D eigenvalue weighted by Crippen LogP contribution is -2.53. The fourth-order valence-electron chi connectivity index (χ4n) is 4.58. The number of H-pyrrole nitrogens is 1. The molecule has 30 heavy (non-hydrogen) atoms. The minimum Gasteiger partial charge on any atom is -0.361 e. The lowest BCUT2D eigenvalue weighted by Gasteiger charge is -2.31. The lowest BCUT2D eigenvalue weighted by molar-refractivity contribution is -0.127. The molecule has 0 spiro atoms. The minimum atomic E-state index is -0.625. The molecule has 0 radical (unpaired) electrons. The number of Topliss-reactive ketones (excluding diaryl/α,β-unsaturated/α-hetero) is 1. The van der Waals surface area contributed by atoms with Crippen LogP contribution in [0.2, 0.25) is 0 Å². The Kier molecular flexibility index (Phi) is 7.43. The van der Waals surface area contributed by atoms with E-state index >= 15 is 0 Å². The highest BCUT2D eigenvalue weighted by molar-refractivity contribution is 6.43. The molecule has 162 valence electrons. The average molecular weight is 411 g/mol. The van der Waals surface area contributed by atoms with Gasteiger partial charge in [-0.15, -0.1) is 0 Å². The van der Waals surface area contributed by atoms with Crippen LogP contribution in [-0.4, -0.2) is 41.5 Å². The number of amides is 1. The fraction of sp³-hybridized carbons (Fsp3) is 0.542. The summed E-state index contributed by atoms with van der Waals surface area (Å²) in [5.74, 6) is -0.622. The van der Waals surface area contributed by atoms with Gasteiger partial charge in [-0.1, -0.05) is 44.4 Å². The summed E-state index contributed by atoms with van der Waals surface area (Å²) in [5, 5.41) is 15.8. The molecule has 6 nitrogen and oxygen atoms in total. The van der Waals surface area contributed by atoms with Crippen LogP contribution in [0.15, 0.2) is 30.5 Å². The Balaban J connectivity index is 1.87. The molecule has 0 unspecified atom stereocenters. The highest BCUT2D eigenvalue weighted by Crippen LogP contribution is 2.32. The number of carbonyl (C=O) groups excluding carboxylic acids is 2. The maximum absolute atomic E-state index is 13.6. The average Bonchev–Trinajstić information content (AvgIpc) is 3.21. The molecular formula is C24H34N4O2. The Labute approximate surface area is 178 Å². The second-order valence-corrected chi connectivity index (χ2v) is 8.42. The first-order chi connectivity index (χ1) is 14.5. The highest BCUT2D eigenvalue weighted by atomic mass is 16.2. The van der Waals surface area contributed by atoms with E-state index in [9.17, 15) is 9.59 Å². The molecule has 3 atom stereocenters. The Bertz CT molecular complexity index is 897. The fourth-order valence-corrected chi connectivity index (χ4v) is 4.58. The minimum absolute atomic E-state index is 0.0928. The van der Waals surface area contributed by atoms with E-state index in [1.54, 1.807) is 14.0 Å². The van der Waals surface area contributed by atoms with Crippen molar-refractivity contribution in [3.05, 3.63) is 36.0 Å². The van der Waals surface area contributed by atoms with Crippen LogP contribution in [-0.2, 0) is 9.59 Å². The molecule has 3 rings (SSSR count).